The molecule has 1 unspecified atom stereocenters. The maximum Gasteiger partial charge on any atom is 0.258 e. The van der Waals surface area contributed by atoms with E-state index in [4.69, 9.17) is 9.47 Å². The number of carbonyl (C=O) groups is 1. The molecule has 1 aromatic carbocycles. The van der Waals surface area contributed by atoms with Crippen molar-refractivity contribution >= 4 is 5.91 Å². The Morgan fingerprint density at radius 2 is 2.30 bits per heavy atom. The lowest BCUT2D eigenvalue weighted by Gasteiger charge is -2.35. The molecule has 7 heteroatoms. The average Bonchev–Trinajstić information content (AvgIpc) is 3.22. The van der Waals surface area contributed by atoms with Gasteiger partial charge in [-0.3, -0.25) is 4.79 Å². The molecule has 1 fully saturated rings. The van der Waals surface area contributed by atoms with Gasteiger partial charge in [-0.15, -0.1) is 0 Å². The molecule has 7 nitrogen and oxygen atoms in total. The van der Waals surface area contributed by atoms with Crippen molar-refractivity contribution in [2.75, 3.05) is 26.4 Å². The SMILES string of the molecule is Cn1ccnc1C1CNCCN1C(=O)c1cccc2c1OCO2. The van der Waals surface area contributed by atoms with E-state index >= 15 is 0 Å². The van der Waals surface area contributed by atoms with Crippen LogP contribution < -0.4 is 14.8 Å². The Balaban J connectivity index is 1.69. The summed E-state index contributed by atoms with van der Waals surface area (Å²) in [5.41, 5.74) is 0.543. The minimum absolute atomic E-state index is 0.0538. The topological polar surface area (TPSA) is 68.6 Å². The van der Waals surface area contributed by atoms with Crippen LogP contribution in [-0.4, -0.2) is 46.8 Å². The molecule has 120 valence electrons. The predicted octanol–water partition coefficient (Wildman–Crippen LogP) is 0.935. The van der Waals surface area contributed by atoms with Crippen molar-refractivity contribution in [3.8, 4) is 11.5 Å². The van der Waals surface area contributed by atoms with Gasteiger partial charge < -0.3 is 24.3 Å². The van der Waals surface area contributed by atoms with E-state index in [2.05, 4.69) is 10.3 Å². The van der Waals surface area contributed by atoms with Crippen molar-refractivity contribution in [2.24, 2.45) is 7.05 Å². The number of fused-ring (bicyclic) bond motifs is 1. The Kier molecular flexibility index (Phi) is 3.42. The van der Waals surface area contributed by atoms with E-state index in [1.165, 1.54) is 0 Å². The lowest BCUT2D eigenvalue weighted by Crippen LogP contribution is -2.49. The van der Waals surface area contributed by atoms with Crippen molar-refractivity contribution in [1.29, 1.82) is 0 Å². The van der Waals surface area contributed by atoms with Gasteiger partial charge in [0.15, 0.2) is 11.5 Å². The van der Waals surface area contributed by atoms with Gasteiger partial charge in [0.25, 0.3) is 5.91 Å². The zero-order valence-electron chi connectivity index (χ0n) is 12.9. The number of carbonyl (C=O) groups excluding carboxylic acids is 1. The molecule has 2 aliphatic heterocycles. The quantitative estimate of drug-likeness (QED) is 0.893. The lowest BCUT2D eigenvalue weighted by atomic mass is 10.1. The van der Waals surface area contributed by atoms with Gasteiger partial charge >= 0.3 is 0 Å². The van der Waals surface area contributed by atoms with Crippen LogP contribution in [0.3, 0.4) is 0 Å². The Morgan fingerprint density at radius 1 is 1.39 bits per heavy atom. The molecular formula is C16H18N4O3. The highest BCUT2D eigenvalue weighted by molar-refractivity contribution is 5.98. The summed E-state index contributed by atoms with van der Waals surface area (Å²) in [5, 5.41) is 3.34. The molecule has 0 radical (unpaired) electrons. The largest absolute Gasteiger partial charge is 0.454 e. The predicted molar refractivity (Wildman–Crippen MR) is 82.4 cm³/mol. The number of amides is 1. The summed E-state index contributed by atoms with van der Waals surface area (Å²) < 4.78 is 12.8. The number of para-hydroxylation sites is 1. The summed E-state index contributed by atoms with van der Waals surface area (Å²) >= 11 is 0. The summed E-state index contributed by atoms with van der Waals surface area (Å²) in [6.07, 6.45) is 3.65. The number of hydrogen-bond donors (Lipinski definition) is 1. The highest BCUT2D eigenvalue weighted by Gasteiger charge is 2.33. The van der Waals surface area contributed by atoms with Crippen LogP contribution in [0.2, 0.25) is 0 Å². The first-order chi connectivity index (χ1) is 11.3. The van der Waals surface area contributed by atoms with E-state index in [9.17, 15) is 4.79 Å². The van der Waals surface area contributed by atoms with Crippen LogP contribution in [-0.2, 0) is 7.05 Å². The first-order valence-electron chi connectivity index (χ1n) is 7.63. The van der Waals surface area contributed by atoms with Crippen LogP contribution >= 0.6 is 0 Å². The van der Waals surface area contributed by atoms with E-state index in [1.54, 1.807) is 12.3 Å². The van der Waals surface area contributed by atoms with Crippen molar-refractivity contribution in [2.45, 2.75) is 6.04 Å². The van der Waals surface area contributed by atoms with Gasteiger partial charge in [0, 0.05) is 39.1 Å². The molecule has 0 spiro atoms. The third-order valence-corrected chi connectivity index (χ3v) is 4.29. The molecule has 1 N–H and O–H groups in total. The zero-order valence-corrected chi connectivity index (χ0v) is 12.9. The monoisotopic (exact) mass is 314 g/mol. The van der Waals surface area contributed by atoms with Crippen molar-refractivity contribution < 1.29 is 14.3 Å². The summed E-state index contributed by atoms with van der Waals surface area (Å²) in [6.45, 7) is 2.23. The van der Waals surface area contributed by atoms with Gasteiger partial charge in [-0.25, -0.2) is 4.98 Å². The van der Waals surface area contributed by atoms with E-state index < -0.39 is 0 Å². The number of ether oxygens (including phenoxy) is 2. The molecule has 3 heterocycles. The molecule has 4 rings (SSSR count). The van der Waals surface area contributed by atoms with Gasteiger partial charge in [0.05, 0.1) is 5.56 Å². The second kappa shape index (κ2) is 5.58. The van der Waals surface area contributed by atoms with Gasteiger partial charge in [-0.2, -0.15) is 0 Å². The number of nitrogens with zero attached hydrogens (tertiary/aromatic N) is 3. The number of imidazole rings is 1. The van der Waals surface area contributed by atoms with Gasteiger partial charge in [-0.1, -0.05) is 6.07 Å². The number of benzene rings is 1. The van der Waals surface area contributed by atoms with E-state index in [1.807, 2.05) is 34.8 Å². The molecule has 2 aromatic rings. The average molecular weight is 314 g/mol. The number of hydrogen-bond acceptors (Lipinski definition) is 5. The fraction of sp³-hybridized carbons (Fsp3) is 0.375. The third kappa shape index (κ3) is 2.33. The lowest BCUT2D eigenvalue weighted by molar-refractivity contribution is 0.0616. The van der Waals surface area contributed by atoms with Crippen molar-refractivity contribution in [3.05, 3.63) is 42.0 Å². The number of piperazine rings is 1. The highest BCUT2D eigenvalue weighted by atomic mass is 16.7. The Morgan fingerprint density at radius 3 is 3.13 bits per heavy atom. The summed E-state index contributed by atoms with van der Waals surface area (Å²) in [5.74, 6) is 1.98. The van der Waals surface area contributed by atoms with Crippen molar-refractivity contribution in [3.63, 3.8) is 0 Å². The van der Waals surface area contributed by atoms with Crippen LogP contribution in [0, 0.1) is 0 Å². The van der Waals surface area contributed by atoms with Gasteiger partial charge in [0.1, 0.15) is 11.9 Å². The van der Waals surface area contributed by atoms with Gasteiger partial charge in [0.2, 0.25) is 6.79 Å². The molecular weight excluding hydrogens is 296 g/mol. The normalized spacial score (nSPS) is 19.9. The minimum Gasteiger partial charge on any atom is -0.454 e. The molecule has 0 bridgehead atoms. The Hall–Kier alpha value is -2.54. The van der Waals surface area contributed by atoms with Gasteiger partial charge in [-0.05, 0) is 12.1 Å². The van der Waals surface area contributed by atoms with Crippen LogP contribution in [0.4, 0.5) is 0 Å². The maximum absolute atomic E-state index is 13.1. The number of rotatable bonds is 2. The van der Waals surface area contributed by atoms with E-state index in [-0.39, 0.29) is 18.7 Å². The molecule has 0 saturated carbocycles. The zero-order chi connectivity index (χ0) is 15.8. The van der Waals surface area contributed by atoms with Crippen molar-refractivity contribution in [1.82, 2.24) is 19.8 Å². The highest BCUT2D eigenvalue weighted by Crippen LogP contribution is 2.37. The summed E-state index contributed by atoms with van der Waals surface area (Å²) in [6, 6.07) is 5.31. The van der Waals surface area contributed by atoms with E-state index in [0.717, 1.165) is 12.4 Å². The molecule has 0 aliphatic carbocycles. The summed E-state index contributed by atoms with van der Waals surface area (Å²) in [4.78, 5) is 19.4. The van der Waals surface area contributed by atoms with E-state index in [0.29, 0.717) is 30.2 Å². The second-order valence-corrected chi connectivity index (χ2v) is 5.65. The molecule has 1 amide bonds. The Bertz CT molecular complexity index is 743. The first kappa shape index (κ1) is 14.1. The fourth-order valence-corrected chi connectivity index (χ4v) is 3.13. The molecule has 1 aromatic heterocycles. The fourth-order valence-electron chi connectivity index (χ4n) is 3.13. The minimum atomic E-state index is -0.102. The number of nitrogens with one attached hydrogen (secondary N) is 1. The summed E-state index contributed by atoms with van der Waals surface area (Å²) in [7, 11) is 1.94. The third-order valence-electron chi connectivity index (χ3n) is 4.29. The number of aromatic nitrogens is 2. The smallest absolute Gasteiger partial charge is 0.258 e. The van der Waals surface area contributed by atoms with Crippen LogP contribution in [0.15, 0.2) is 30.6 Å². The molecule has 2 aliphatic rings. The molecule has 1 atom stereocenters. The van der Waals surface area contributed by atoms with Crippen LogP contribution in [0.1, 0.15) is 22.2 Å². The Labute approximate surface area is 133 Å². The second-order valence-electron chi connectivity index (χ2n) is 5.65. The van der Waals surface area contributed by atoms with Crippen LogP contribution in [0.25, 0.3) is 0 Å². The number of aryl methyl sites for hydroxylation is 1. The molecule has 23 heavy (non-hydrogen) atoms. The maximum atomic E-state index is 13.1. The standard InChI is InChI=1S/C16H18N4O3/c1-19-7-6-18-15(19)12-9-17-5-8-20(12)16(21)11-3-2-4-13-14(11)23-10-22-13/h2-4,6-7,12,17H,5,8-10H2,1H3. The van der Waals surface area contributed by atoms with Crippen LogP contribution in [0.5, 0.6) is 11.5 Å². The first-order valence-corrected chi connectivity index (χ1v) is 7.63. The molecule has 1 saturated heterocycles.